The number of methoxy groups -OCH3 is 2. The summed E-state index contributed by atoms with van der Waals surface area (Å²) in [6.45, 7) is 3.70. The standard InChI is InChI=1S/C21H28O10/c1-12(22)27-11-19-21(30-14(3)24)18(29-13(2)23)9-20(31-19)28-10-15-6-7-16(25-4)17(8-15)26-5/h6-8,18-21H,9-11H2,1-5H3/t18-,19-,20-,21+/m1/s1. The Morgan fingerprint density at radius 2 is 1.65 bits per heavy atom. The van der Waals surface area contributed by atoms with Crippen molar-refractivity contribution in [3.63, 3.8) is 0 Å². The summed E-state index contributed by atoms with van der Waals surface area (Å²) in [5.41, 5.74) is 0.795. The molecule has 0 amide bonds. The summed E-state index contributed by atoms with van der Waals surface area (Å²) in [5.74, 6) is -0.519. The number of carbonyl (C=O) groups is 3. The van der Waals surface area contributed by atoms with Crippen LogP contribution >= 0.6 is 0 Å². The summed E-state index contributed by atoms with van der Waals surface area (Å²) in [4.78, 5) is 34.4. The van der Waals surface area contributed by atoms with Crippen molar-refractivity contribution < 1.29 is 47.5 Å². The highest BCUT2D eigenvalue weighted by molar-refractivity contribution is 5.67. The second kappa shape index (κ2) is 11.5. The third-order valence-electron chi connectivity index (χ3n) is 4.44. The van der Waals surface area contributed by atoms with Crippen molar-refractivity contribution in [1.82, 2.24) is 0 Å². The van der Waals surface area contributed by atoms with Crippen molar-refractivity contribution in [2.75, 3.05) is 20.8 Å². The van der Waals surface area contributed by atoms with E-state index in [9.17, 15) is 14.4 Å². The van der Waals surface area contributed by atoms with Gasteiger partial charge in [0.2, 0.25) is 0 Å². The van der Waals surface area contributed by atoms with E-state index in [2.05, 4.69) is 0 Å². The first kappa shape index (κ1) is 24.4. The van der Waals surface area contributed by atoms with Gasteiger partial charge in [0.05, 0.1) is 20.8 Å². The molecule has 1 fully saturated rings. The van der Waals surface area contributed by atoms with Crippen LogP contribution < -0.4 is 9.47 Å². The molecule has 0 bridgehead atoms. The molecule has 1 aliphatic heterocycles. The molecular weight excluding hydrogens is 412 g/mol. The van der Waals surface area contributed by atoms with Crippen molar-refractivity contribution in [3.05, 3.63) is 23.8 Å². The predicted molar refractivity (Wildman–Crippen MR) is 105 cm³/mol. The lowest BCUT2D eigenvalue weighted by molar-refractivity contribution is -0.269. The van der Waals surface area contributed by atoms with Crippen LogP contribution in [0.4, 0.5) is 0 Å². The number of esters is 3. The van der Waals surface area contributed by atoms with Crippen molar-refractivity contribution >= 4 is 17.9 Å². The average Bonchev–Trinajstić information content (AvgIpc) is 2.71. The van der Waals surface area contributed by atoms with E-state index in [1.54, 1.807) is 19.2 Å². The lowest BCUT2D eigenvalue weighted by Crippen LogP contribution is -2.54. The normalized spacial score (nSPS) is 22.9. The highest BCUT2D eigenvalue weighted by Crippen LogP contribution is 2.30. The molecule has 1 saturated heterocycles. The molecule has 10 heteroatoms. The highest BCUT2D eigenvalue weighted by Gasteiger charge is 2.44. The zero-order valence-corrected chi connectivity index (χ0v) is 18.2. The molecule has 1 aromatic rings. The van der Waals surface area contributed by atoms with Crippen LogP contribution in [-0.4, -0.2) is 63.3 Å². The summed E-state index contributed by atoms with van der Waals surface area (Å²) >= 11 is 0. The number of benzene rings is 1. The molecule has 0 saturated carbocycles. The Bertz CT molecular complexity index is 777. The van der Waals surface area contributed by atoms with E-state index in [0.717, 1.165) is 5.56 Å². The third-order valence-corrected chi connectivity index (χ3v) is 4.44. The fourth-order valence-electron chi connectivity index (χ4n) is 3.16. The van der Waals surface area contributed by atoms with Gasteiger partial charge in [0.1, 0.15) is 18.8 Å². The molecule has 4 atom stereocenters. The second-order valence-corrected chi connectivity index (χ2v) is 6.86. The van der Waals surface area contributed by atoms with E-state index in [0.29, 0.717) is 11.5 Å². The molecule has 0 radical (unpaired) electrons. The molecule has 31 heavy (non-hydrogen) atoms. The van der Waals surface area contributed by atoms with Crippen LogP contribution in [0.1, 0.15) is 32.8 Å². The largest absolute Gasteiger partial charge is 0.493 e. The first-order chi connectivity index (χ1) is 14.7. The van der Waals surface area contributed by atoms with Gasteiger partial charge in [-0.15, -0.1) is 0 Å². The fraction of sp³-hybridized carbons (Fsp3) is 0.571. The molecule has 0 aromatic heterocycles. The Morgan fingerprint density at radius 3 is 2.23 bits per heavy atom. The van der Waals surface area contributed by atoms with E-state index < -0.39 is 42.5 Å². The van der Waals surface area contributed by atoms with E-state index in [4.69, 9.17) is 33.2 Å². The SMILES string of the molecule is COc1ccc(CO[C@H]2C[C@@H](OC(C)=O)[C@H](OC(C)=O)[C@@H](COC(C)=O)O2)cc1OC. The first-order valence-corrected chi connectivity index (χ1v) is 9.69. The van der Waals surface area contributed by atoms with Gasteiger partial charge >= 0.3 is 17.9 Å². The summed E-state index contributed by atoms with van der Waals surface area (Å²) in [6, 6.07) is 5.33. The first-order valence-electron chi connectivity index (χ1n) is 9.69. The van der Waals surface area contributed by atoms with E-state index >= 15 is 0 Å². The maximum atomic E-state index is 11.6. The van der Waals surface area contributed by atoms with Crippen molar-refractivity contribution in [3.8, 4) is 11.5 Å². The molecule has 1 aliphatic rings. The number of hydrogen-bond acceptors (Lipinski definition) is 10. The zero-order chi connectivity index (χ0) is 23.0. The van der Waals surface area contributed by atoms with Crippen molar-refractivity contribution in [1.29, 1.82) is 0 Å². The van der Waals surface area contributed by atoms with Crippen LogP contribution in [-0.2, 0) is 44.7 Å². The summed E-state index contributed by atoms with van der Waals surface area (Å²) in [7, 11) is 3.08. The average molecular weight is 440 g/mol. The van der Waals surface area contributed by atoms with Gasteiger partial charge in [-0.2, -0.15) is 0 Å². The maximum absolute atomic E-state index is 11.6. The van der Waals surface area contributed by atoms with Gasteiger partial charge in [-0.1, -0.05) is 6.07 Å². The molecule has 0 unspecified atom stereocenters. The Hall–Kier alpha value is -2.85. The van der Waals surface area contributed by atoms with Crippen molar-refractivity contribution in [2.24, 2.45) is 0 Å². The van der Waals surface area contributed by atoms with E-state index in [-0.39, 0.29) is 19.6 Å². The quantitative estimate of drug-likeness (QED) is 0.415. The van der Waals surface area contributed by atoms with Gasteiger partial charge in [0, 0.05) is 27.2 Å². The topological polar surface area (TPSA) is 116 Å². The van der Waals surface area contributed by atoms with Gasteiger partial charge in [0.25, 0.3) is 0 Å². The fourth-order valence-corrected chi connectivity index (χ4v) is 3.16. The Labute approximate surface area is 180 Å². The molecule has 2 rings (SSSR count). The van der Waals surface area contributed by atoms with Crippen LogP contribution in [0.3, 0.4) is 0 Å². The van der Waals surface area contributed by atoms with Gasteiger partial charge in [-0.05, 0) is 17.7 Å². The maximum Gasteiger partial charge on any atom is 0.303 e. The monoisotopic (exact) mass is 440 g/mol. The minimum Gasteiger partial charge on any atom is -0.493 e. The molecule has 1 heterocycles. The molecule has 10 nitrogen and oxygen atoms in total. The Kier molecular flexibility index (Phi) is 9.07. The number of carbonyl (C=O) groups excluding carboxylic acids is 3. The number of rotatable bonds is 9. The van der Waals surface area contributed by atoms with E-state index in [1.165, 1.54) is 27.9 Å². The van der Waals surface area contributed by atoms with Crippen molar-refractivity contribution in [2.45, 2.75) is 58.4 Å². The Balaban J connectivity index is 2.14. The lowest BCUT2D eigenvalue weighted by atomic mass is 10.0. The zero-order valence-electron chi connectivity index (χ0n) is 18.2. The second-order valence-electron chi connectivity index (χ2n) is 6.86. The molecular formula is C21H28O10. The van der Waals surface area contributed by atoms with Gasteiger partial charge in [0.15, 0.2) is 23.9 Å². The highest BCUT2D eigenvalue weighted by atomic mass is 16.7. The molecule has 0 N–H and O–H groups in total. The summed E-state index contributed by atoms with van der Waals surface area (Å²) in [5, 5.41) is 0. The van der Waals surface area contributed by atoms with Gasteiger partial charge in [-0.25, -0.2) is 0 Å². The molecule has 172 valence electrons. The van der Waals surface area contributed by atoms with Crippen LogP contribution in [0.15, 0.2) is 18.2 Å². The smallest absolute Gasteiger partial charge is 0.303 e. The van der Waals surface area contributed by atoms with Crippen LogP contribution in [0.5, 0.6) is 11.5 Å². The number of ether oxygens (including phenoxy) is 7. The van der Waals surface area contributed by atoms with Crippen LogP contribution in [0, 0.1) is 0 Å². The molecule has 0 spiro atoms. The van der Waals surface area contributed by atoms with Crippen LogP contribution in [0.25, 0.3) is 0 Å². The van der Waals surface area contributed by atoms with Gasteiger partial charge < -0.3 is 33.2 Å². The third kappa shape index (κ3) is 7.41. The summed E-state index contributed by atoms with van der Waals surface area (Å²) < 4.78 is 37.9. The minimum atomic E-state index is -0.943. The summed E-state index contributed by atoms with van der Waals surface area (Å²) in [6.07, 6.45) is -3.32. The minimum absolute atomic E-state index is 0.126. The predicted octanol–water partition coefficient (Wildman–Crippen LogP) is 1.76. The number of hydrogen-bond donors (Lipinski definition) is 0. The van der Waals surface area contributed by atoms with Crippen LogP contribution in [0.2, 0.25) is 0 Å². The molecule has 0 aliphatic carbocycles. The molecule has 1 aromatic carbocycles. The van der Waals surface area contributed by atoms with Gasteiger partial charge in [-0.3, -0.25) is 14.4 Å². The van der Waals surface area contributed by atoms with E-state index in [1.807, 2.05) is 6.07 Å². The Morgan fingerprint density at radius 1 is 0.968 bits per heavy atom. The lowest BCUT2D eigenvalue weighted by Gasteiger charge is -2.39.